The maximum atomic E-state index is 12.4. The van der Waals surface area contributed by atoms with E-state index in [4.69, 9.17) is 11.6 Å². The van der Waals surface area contributed by atoms with Gasteiger partial charge in [-0.3, -0.25) is 14.9 Å². The van der Waals surface area contributed by atoms with Gasteiger partial charge in [0, 0.05) is 23.4 Å². The summed E-state index contributed by atoms with van der Waals surface area (Å²) in [6, 6.07) is 19.0. The number of non-ortho nitro benzene ring substituents is 1. The number of anilines is 1. The third kappa shape index (κ3) is 3.58. The molecule has 6 nitrogen and oxygen atoms in total. The number of nitrogens with one attached hydrogen (secondary N) is 1. The highest BCUT2D eigenvalue weighted by atomic mass is 35.5. The van der Waals surface area contributed by atoms with Crippen LogP contribution in [0.4, 0.5) is 11.4 Å². The first-order valence-electron chi connectivity index (χ1n) is 8.22. The molecule has 1 aromatic heterocycles. The van der Waals surface area contributed by atoms with Gasteiger partial charge in [-0.2, -0.15) is 0 Å². The number of nitrogens with zero attached hydrogens (tertiary/aromatic N) is 2. The molecule has 0 spiro atoms. The zero-order chi connectivity index (χ0) is 19.7. The van der Waals surface area contributed by atoms with Gasteiger partial charge in [-0.15, -0.1) is 11.3 Å². The molecule has 3 aromatic carbocycles. The van der Waals surface area contributed by atoms with Crippen molar-refractivity contribution < 1.29 is 9.72 Å². The number of nitro benzene ring substituents is 1. The summed E-state index contributed by atoms with van der Waals surface area (Å²) in [6.45, 7) is 0. The predicted molar refractivity (Wildman–Crippen MR) is 111 cm³/mol. The SMILES string of the molecule is O=C(Nc1ccc(-c2nc3ccccc3s2)cc1)c1ccc([N+](=O)[O-])cc1Cl. The van der Waals surface area contributed by atoms with Crippen LogP contribution in [0.25, 0.3) is 20.8 Å². The fourth-order valence-corrected chi connectivity index (χ4v) is 3.92. The normalized spacial score (nSPS) is 10.8. The molecule has 138 valence electrons. The summed E-state index contributed by atoms with van der Waals surface area (Å²) in [7, 11) is 0. The topological polar surface area (TPSA) is 85.1 Å². The van der Waals surface area contributed by atoms with Gasteiger partial charge in [0.2, 0.25) is 0 Å². The van der Waals surface area contributed by atoms with Gasteiger partial charge in [0.25, 0.3) is 11.6 Å². The van der Waals surface area contributed by atoms with Crippen LogP contribution in [0.15, 0.2) is 66.7 Å². The number of benzene rings is 3. The van der Waals surface area contributed by atoms with Gasteiger partial charge in [0.05, 0.1) is 25.7 Å². The zero-order valence-electron chi connectivity index (χ0n) is 14.3. The van der Waals surface area contributed by atoms with Crippen LogP contribution in [0.1, 0.15) is 10.4 Å². The Kier molecular flexibility index (Phi) is 4.77. The van der Waals surface area contributed by atoms with E-state index in [-0.39, 0.29) is 16.3 Å². The summed E-state index contributed by atoms with van der Waals surface area (Å²) < 4.78 is 1.11. The molecule has 1 N–H and O–H groups in total. The minimum Gasteiger partial charge on any atom is -0.322 e. The molecule has 28 heavy (non-hydrogen) atoms. The molecular weight excluding hydrogens is 398 g/mol. The summed E-state index contributed by atoms with van der Waals surface area (Å²) >= 11 is 7.61. The van der Waals surface area contributed by atoms with Gasteiger partial charge in [0.15, 0.2) is 0 Å². The summed E-state index contributed by atoms with van der Waals surface area (Å²) in [6.07, 6.45) is 0. The molecule has 0 unspecified atom stereocenters. The number of para-hydroxylation sites is 1. The molecule has 0 atom stereocenters. The second-order valence-corrected chi connectivity index (χ2v) is 7.38. The van der Waals surface area contributed by atoms with Crippen molar-refractivity contribution >= 4 is 50.4 Å². The molecule has 0 radical (unpaired) electrons. The first-order valence-corrected chi connectivity index (χ1v) is 9.42. The number of aromatic nitrogens is 1. The Morgan fingerprint density at radius 3 is 2.50 bits per heavy atom. The highest BCUT2D eigenvalue weighted by Gasteiger charge is 2.15. The van der Waals surface area contributed by atoms with Gasteiger partial charge < -0.3 is 5.32 Å². The number of amides is 1. The van der Waals surface area contributed by atoms with E-state index < -0.39 is 10.8 Å². The van der Waals surface area contributed by atoms with Crippen molar-refractivity contribution in [2.24, 2.45) is 0 Å². The Bertz CT molecular complexity index is 1170. The van der Waals surface area contributed by atoms with Crippen LogP contribution in [-0.4, -0.2) is 15.8 Å². The maximum Gasteiger partial charge on any atom is 0.270 e. The lowest BCUT2D eigenvalue weighted by molar-refractivity contribution is -0.384. The molecule has 8 heteroatoms. The van der Waals surface area contributed by atoms with E-state index >= 15 is 0 Å². The van der Waals surface area contributed by atoms with Crippen LogP contribution in [0, 0.1) is 10.1 Å². The molecule has 0 bridgehead atoms. The van der Waals surface area contributed by atoms with Crippen LogP contribution < -0.4 is 5.32 Å². The van der Waals surface area contributed by atoms with E-state index in [2.05, 4.69) is 10.3 Å². The fourth-order valence-electron chi connectivity index (χ4n) is 2.69. The highest BCUT2D eigenvalue weighted by molar-refractivity contribution is 7.21. The van der Waals surface area contributed by atoms with Crippen molar-refractivity contribution in [2.45, 2.75) is 0 Å². The van der Waals surface area contributed by atoms with Crippen molar-refractivity contribution in [3.05, 3.63) is 87.4 Å². The minimum absolute atomic E-state index is 0.0257. The monoisotopic (exact) mass is 409 g/mol. The first-order chi connectivity index (χ1) is 13.5. The Labute approximate surface area is 168 Å². The van der Waals surface area contributed by atoms with Gasteiger partial charge in [-0.1, -0.05) is 23.7 Å². The lowest BCUT2D eigenvalue weighted by atomic mass is 10.1. The molecule has 1 heterocycles. The summed E-state index contributed by atoms with van der Waals surface area (Å²) in [5.74, 6) is -0.437. The lowest BCUT2D eigenvalue weighted by Crippen LogP contribution is -2.12. The Balaban J connectivity index is 1.53. The van der Waals surface area contributed by atoms with Gasteiger partial charge in [-0.05, 0) is 42.5 Å². The molecule has 1 amide bonds. The number of thiazole rings is 1. The number of fused-ring (bicyclic) bond motifs is 1. The molecule has 0 aliphatic carbocycles. The lowest BCUT2D eigenvalue weighted by Gasteiger charge is -2.07. The van der Waals surface area contributed by atoms with Crippen molar-refractivity contribution in [3.8, 4) is 10.6 Å². The number of rotatable bonds is 4. The van der Waals surface area contributed by atoms with Crippen molar-refractivity contribution in [3.63, 3.8) is 0 Å². The van der Waals surface area contributed by atoms with E-state index in [9.17, 15) is 14.9 Å². The minimum atomic E-state index is -0.561. The number of hydrogen-bond acceptors (Lipinski definition) is 5. The Morgan fingerprint density at radius 2 is 1.82 bits per heavy atom. The average molecular weight is 410 g/mol. The summed E-state index contributed by atoms with van der Waals surface area (Å²) in [5, 5.41) is 14.4. The Morgan fingerprint density at radius 1 is 1.07 bits per heavy atom. The smallest absolute Gasteiger partial charge is 0.270 e. The van der Waals surface area contributed by atoms with Crippen LogP contribution in [-0.2, 0) is 0 Å². The molecular formula is C20H12ClN3O3S. The zero-order valence-corrected chi connectivity index (χ0v) is 15.8. The molecule has 0 aliphatic rings. The number of carbonyl (C=O) groups is 1. The quantitative estimate of drug-likeness (QED) is 0.342. The molecule has 0 aliphatic heterocycles. The molecule has 0 fully saturated rings. The highest BCUT2D eigenvalue weighted by Crippen LogP contribution is 2.31. The molecule has 0 saturated carbocycles. The third-order valence-corrected chi connectivity index (χ3v) is 5.49. The fraction of sp³-hybridized carbons (Fsp3) is 0. The number of nitro groups is 1. The molecule has 0 saturated heterocycles. The number of carbonyl (C=O) groups excluding carboxylic acids is 1. The predicted octanol–water partition coefficient (Wildman–Crippen LogP) is 5.78. The van der Waals surface area contributed by atoms with Crippen LogP contribution in [0.3, 0.4) is 0 Å². The third-order valence-electron chi connectivity index (χ3n) is 4.09. The largest absolute Gasteiger partial charge is 0.322 e. The number of halogens is 1. The van der Waals surface area contributed by atoms with Gasteiger partial charge in [0.1, 0.15) is 5.01 Å². The first kappa shape index (κ1) is 18.1. The van der Waals surface area contributed by atoms with Crippen molar-refractivity contribution in [1.82, 2.24) is 4.98 Å². The molecule has 4 aromatic rings. The van der Waals surface area contributed by atoms with E-state index in [0.29, 0.717) is 5.69 Å². The summed E-state index contributed by atoms with van der Waals surface area (Å²) in [5.41, 5.74) is 2.49. The van der Waals surface area contributed by atoms with E-state index in [0.717, 1.165) is 26.9 Å². The second kappa shape index (κ2) is 7.38. The van der Waals surface area contributed by atoms with Gasteiger partial charge in [-0.25, -0.2) is 4.98 Å². The van der Waals surface area contributed by atoms with Crippen LogP contribution in [0.5, 0.6) is 0 Å². The van der Waals surface area contributed by atoms with Crippen LogP contribution in [0.2, 0.25) is 5.02 Å². The second-order valence-electron chi connectivity index (χ2n) is 5.94. The van der Waals surface area contributed by atoms with Crippen molar-refractivity contribution in [1.29, 1.82) is 0 Å². The maximum absolute atomic E-state index is 12.4. The van der Waals surface area contributed by atoms with Crippen LogP contribution >= 0.6 is 22.9 Å². The van der Waals surface area contributed by atoms with E-state index in [1.54, 1.807) is 23.5 Å². The van der Waals surface area contributed by atoms with Crippen molar-refractivity contribution in [2.75, 3.05) is 5.32 Å². The van der Waals surface area contributed by atoms with E-state index in [1.165, 1.54) is 12.1 Å². The Hall–Kier alpha value is -3.29. The summed E-state index contributed by atoms with van der Waals surface area (Å²) in [4.78, 5) is 27.2. The van der Waals surface area contributed by atoms with Gasteiger partial charge >= 0.3 is 0 Å². The standard InChI is InChI=1S/C20H12ClN3O3S/c21-16-11-14(24(26)27)9-10-15(16)19(25)22-13-7-5-12(6-8-13)20-23-17-3-1-2-4-18(17)28-20/h1-11H,(H,22,25). The number of hydrogen-bond donors (Lipinski definition) is 1. The van der Waals surface area contributed by atoms with E-state index in [1.807, 2.05) is 36.4 Å². The molecule has 4 rings (SSSR count). The average Bonchev–Trinajstić information content (AvgIpc) is 3.12.